The minimum Gasteiger partial charge on any atom is -0.392 e. The van der Waals surface area contributed by atoms with E-state index in [0.717, 1.165) is 18.4 Å². The average Bonchev–Trinajstić information content (AvgIpc) is 2.37. The van der Waals surface area contributed by atoms with Crippen LogP contribution in [0.2, 0.25) is 0 Å². The highest BCUT2D eigenvalue weighted by molar-refractivity contribution is 9.10. The molecule has 0 atom stereocenters. The summed E-state index contributed by atoms with van der Waals surface area (Å²) >= 11 is 3.31. The molecular formula is C14H22BrNO3S. The van der Waals surface area contributed by atoms with Crippen LogP contribution in [0.1, 0.15) is 37.8 Å². The van der Waals surface area contributed by atoms with E-state index >= 15 is 0 Å². The Morgan fingerprint density at radius 3 is 2.55 bits per heavy atom. The highest BCUT2D eigenvalue weighted by Crippen LogP contribution is 2.27. The molecule has 0 spiro atoms. The molecule has 2 N–H and O–H groups in total. The van der Waals surface area contributed by atoms with Gasteiger partial charge in [-0.25, -0.2) is 13.1 Å². The first-order valence-electron chi connectivity index (χ1n) is 6.67. The Morgan fingerprint density at radius 1 is 1.35 bits per heavy atom. The van der Waals surface area contributed by atoms with Crippen molar-refractivity contribution in [3.05, 3.63) is 27.7 Å². The average molecular weight is 364 g/mol. The van der Waals surface area contributed by atoms with Crippen LogP contribution in [-0.4, -0.2) is 20.1 Å². The summed E-state index contributed by atoms with van der Waals surface area (Å²) in [7, 11) is -3.55. The van der Waals surface area contributed by atoms with Gasteiger partial charge < -0.3 is 5.11 Å². The summed E-state index contributed by atoms with van der Waals surface area (Å²) in [6.07, 6.45) is 1.80. The minimum absolute atomic E-state index is 0.177. The monoisotopic (exact) mass is 363 g/mol. The van der Waals surface area contributed by atoms with Crippen molar-refractivity contribution in [3.8, 4) is 0 Å². The van der Waals surface area contributed by atoms with E-state index in [1.165, 1.54) is 6.07 Å². The third-order valence-electron chi connectivity index (χ3n) is 3.00. The molecule has 0 aliphatic heterocycles. The number of benzene rings is 1. The number of hydrogen-bond acceptors (Lipinski definition) is 3. The Balaban J connectivity index is 2.89. The van der Waals surface area contributed by atoms with Gasteiger partial charge in [0, 0.05) is 11.0 Å². The highest BCUT2D eigenvalue weighted by atomic mass is 79.9. The van der Waals surface area contributed by atoms with Crippen LogP contribution in [0.25, 0.3) is 0 Å². The van der Waals surface area contributed by atoms with Crippen molar-refractivity contribution in [1.82, 2.24) is 4.72 Å². The second-order valence-electron chi connectivity index (χ2n) is 5.32. The lowest BCUT2D eigenvalue weighted by molar-refractivity contribution is 0.281. The van der Waals surface area contributed by atoms with Gasteiger partial charge in [0.1, 0.15) is 0 Å². The van der Waals surface area contributed by atoms with E-state index < -0.39 is 10.0 Å². The predicted molar refractivity (Wildman–Crippen MR) is 84.1 cm³/mol. The van der Waals surface area contributed by atoms with Crippen LogP contribution in [-0.2, 0) is 16.6 Å². The number of sulfonamides is 1. The zero-order valence-corrected chi connectivity index (χ0v) is 14.5. The minimum atomic E-state index is -3.55. The van der Waals surface area contributed by atoms with Crippen LogP contribution in [0.4, 0.5) is 0 Å². The third kappa shape index (κ3) is 4.84. The summed E-state index contributed by atoms with van der Waals surface area (Å²) in [6, 6.07) is 3.27. The van der Waals surface area contributed by atoms with Crippen LogP contribution in [0.5, 0.6) is 0 Å². The molecule has 0 aromatic heterocycles. The van der Waals surface area contributed by atoms with Crippen LogP contribution < -0.4 is 4.72 Å². The zero-order chi connectivity index (χ0) is 15.3. The quantitative estimate of drug-likeness (QED) is 0.731. The second-order valence-corrected chi connectivity index (χ2v) is 7.85. The van der Waals surface area contributed by atoms with Gasteiger partial charge in [-0.2, -0.15) is 0 Å². The van der Waals surface area contributed by atoms with E-state index in [1.807, 2.05) is 0 Å². The molecule has 6 heteroatoms. The summed E-state index contributed by atoms with van der Waals surface area (Å²) in [4.78, 5) is 0.186. The lowest BCUT2D eigenvalue weighted by Crippen LogP contribution is -2.25. The van der Waals surface area contributed by atoms with E-state index in [-0.39, 0.29) is 11.5 Å². The first-order valence-corrected chi connectivity index (χ1v) is 8.95. The maximum Gasteiger partial charge on any atom is 0.241 e. The van der Waals surface area contributed by atoms with Gasteiger partial charge in [0.2, 0.25) is 10.0 Å². The Labute approximate surface area is 129 Å². The molecule has 0 aliphatic carbocycles. The highest BCUT2D eigenvalue weighted by Gasteiger charge is 2.19. The fourth-order valence-electron chi connectivity index (χ4n) is 1.89. The predicted octanol–water partition coefficient (Wildman–Crippen LogP) is 2.96. The smallest absolute Gasteiger partial charge is 0.241 e. The maximum absolute atomic E-state index is 12.3. The molecule has 0 saturated heterocycles. The van der Waals surface area contributed by atoms with E-state index in [1.54, 1.807) is 13.0 Å². The summed E-state index contributed by atoms with van der Waals surface area (Å²) < 4.78 is 27.7. The van der Waals surface area contributed by atoms with Crippen LogP contribution in [0, 0.1) is 12.8 Å². The lowest BCUT2D eigenvalue weighted by atomic mass is 10.1. The fraction of sp³-hybridized carbons (Fsp3) is 0.571. The standard InChI is InChI=1S/C14H22BrNO3S/c1-10(2)5-4-6-16-20(18,19)13-8-12(9-17)7-11(3)14(13)15/h7-8,10,16-17H,4-6,9H2,1-3H3. The van der Waals surface area contributed by atoms with Gasteiger partial charge in [0.15, 0.2) is 0 Å². The molecular weight excluding hydrogens is 342 g/mol. The molecule has 0 unspecified atom stereocenters. The summed E-state index contributed by atoms with van der Waals surface area (Å²) in [5.41, 5.74) is 1.38. The number of nitrogens with one attached hydrogen (secondary N) is 1. The van der Waals surface area contributed by atoms with E-state index in [0.29, 0.717) is 22.5 Å². The molecule has 0 heterocycles. The topological polar surface area (TPSA) is 66.4 Å². The molecule has 0 fully saturated rings. The normalized spacial score (nSPS) is 12.1. The van der Waals surface area contributed by atoms with Gasteiger partial charge in [0.25, 0.3) is 0 Å². The van der Waals surface area contributed by atoms with Gasteiger partial charge in [0.05, 0.1) is 11.5 Å². The molecule has 0 radical (unpaired) electrons. The molecule has 0 amide bonds. The third-order valence-corrected chi connectivity index (χ3v) is 5.80. The Morgan fingerprint density at radius 2 is 2.00 bits per heavy atom. The van der Waals surface area contributed by atoms with Gasteiger partial charge in [-0.3, -0.25) is 0 Å². The van der Waals surface area contributed by atoms with Gasteiger partial charge >= 0.3 is 0 Å². The summed E-state index contributed by atoms with van der Waals surface area (Å²) in [6.45, 7) is 6.28. The first-order chi connectivity index (χ1) is 9.27. The molecule has 114 valence electrons. The van der Waals surface area contributed by atoms with Crippen LogP contribution in [0.15, 0.2) is 21.5 Å². The SMILES string of the molecule is Cc1cc(CO)cc(S(=O)(=O)NCCCC(C)C)c1Br. The van der Waals surface area contributed by atoms with Crippen molar-refractivity contribution in [2.75, 3.05) is 6.54 Å². The van der Waals surface area contributed by atoms with Gasteiger partial charge in [-0.1, -0.05) is 19.9 Å². The number of hydrogen-bond donors (Lipinski definition) is 2. The Hall–Kier alpha value is -0.430. The fourth-order valence-corrected chi connectivity index (χ4v) is 4.03. The first kappa shape index (κ1) is 17.6. The molecule has 4 nitrogen and oxygen atoms in total. The number of rotatable bonds is 7. The van der Waals surface area contributed by atoms with Crippen molar-refractivity contribution in [3.63, 3.8) is 0 Å². The maximum atomic E-state index is 12.3. The molecule has 1 rings (SSSR count). The molecule has 20 heavy (non-hydrogen) atoms. The number of aliphatic hydroxyl groups is 1. The van der Waals surface area contributed by atoms with Gasteiger partial charge in [-0.05, 0) is 58.8 Å². The van der Waals surface area contributed by atoms with E-state index in [4.69, 9.17) is 0 Å². The summed E-state index contributed by atoms with van der Waals surface area (Å²) in [5.74, 6) is 0.561. The van der Waals surface area contributed by atoms with Crippen LogP contribution >= 0.6 is 15.9 Å². The van der Waals surface area contributed by atoms with Crippen molar-refractivity contribution in [1.29, 1.82) is 0 Å². The molecule has 0 saturated carbocycles. The number of aliphatic hydroxyl groups excluding tert-OH is 1. The molecule has 1 aromatic carbocycles. The van der Waals surface area contributed by atoms with Crippen LogP contribution in [0.3, 0.4) is 0 Å². The zero-order valence-electron chi connectivity index (χ0n) is 12.1. The molecule has 0 bridgehead atoms. The van der Waals surface area contributed by atoms with E-state index in [2.05, 4.69) is 34.5 Å². The van der Waals surface area contributed by atoms with E-state index in [9.17, 15) is 13.5 Å². The van der Waals surface area contributed by atoms with Gasteiger partial charge in [-0.15, -0.1) is 0 Å². The lowest BCUT2D eigenvalue weighted by Gasteiger charge is -2.12. The Bertz CT molecular complexity index is 556. The van der Waals surface area contributed by atoms with Crippen molar-refractivity contribution >= 4 is 26.0 Å². The Kier molecular flexibility index (Phi) is 6.64. The molecule has 1 aromatic rings. The number of aryl methyl sites for hydroxylation is 1. The second kappa shape index (κ2) is 7.54. The largest absolute Gasteiger partial charge is 0.392 e. The van der Waals surface area contributed by atoms with Crippen molar-refractivity contribution < 1.29 is 13.5 Å². The molecule has 0 aliphatic rings. The summed E-state index contributed by atoms with van der Waals surface area (Å²) in [5, 5.41) is 9.19. The number of halogens is 1. The van der Waals surface area contributed by atoms with Crippen molar-refractivity contribution in [2.45, 2.75) is 45.1 Å². The van der Waals surface area contributed by atoms with Crippen molar-refractivity contribution in [2.24, 2.45) is 5.92 Å².